The van der Waals surface area contributed by atoms with Crippen molar-refractivity contribution in [3.8, 4) is 0 Å². The number of thioether (sulfide) groups is 1. The molecule has 2 heterocycles. The van der Waals surface area contributed by atoms with Crippen molar-refractivity contribution >= 4 is 33.4 Å². The minimum Gasteiger partial charge on any atom is -0.337 e. The molecule has 0 aliphatic carbocycles. The average Bonchev–Trinajstić information content (AvgIpc) is 3.03. The van der Waals surface area contributed by atoms with Crippen molar-refractivity contribution in [3.05, 3.63) is 36.2 Å². The number of piperidine rings is 1. The Kier molecular flexibility index (Phi) is 7.07. The van der Waals surface area contributed by atoms with E-state index in [1.165, 1.54) is 22.3 Å². The third kappa shape index (κ3) is 5.15. The number of likely N-dealkylation sites (tertiary alicyclic amines) is 1. The maximum Gasteiger partial charge on any atom is 0.233 e. The highest BCUT2D eigenvalue weighted by Gasteiger charge is 2.29. The molecule has 0 N–H and O–H groups in total. The van der Waals surface area contributed by atoms with Gasteiger partial charge in [-0.25, -0.2) is 8.42 Å². The summed E-state index contributed by atoms with van der Waals surface area (Å²) in [7, 11) is -1.70. The number of carbonyl (C=O) groups is 1. The zero-order chi connectivity index (χ0) is 21.9. The van der Waals surface area contributed by atoms with Gasteiger partial charge in [-0.05, 0) is 45.2 Å². The van der Waals surface area contributed by atoms with Crippen LogP contribution in [0.5, 0.6) is 0 Å². The number of hydrogen-bond donors (Lipinski definition) is 0. The molecule has 2 aromatic rings. The number of sulfonamides is 1. The van der Waals surface area contributed by atoms with Crippen LogP contribution in [0.15, 0.2) is 35.5 Å². The molecule has 0 bridgehead atoms. The molecule has 1 aromatic carbocycles. The van der Waals surface area contributed by atoms with Crippen LogP contribution in [0.2, 0.25) is 0 Å². The number of hydrogen-bond acceptors (Lipinski definition) is 6. The Morgan fingerprint density at radius 2 is 1.80 bits per heavy atom. The van der Waals surface area contributed by atoms with E-state index in [1.807, 2.05) is 11.0 Å². The molecule has 8 nitrogen and oxygen atoms in total. The predicted octanol–water partition coefficient (Wildman–Crippen LogP) is 2.66. The van der Waals surface area contributed by atoms with Crippen molar-refractivity contribution in [3.63, 3.8) is 0 Å². The summed E-state index contributed by atoms with van der Waals surface area (Å²) >= 11 is 1.33. The lowest BCUT2D eigenvalue weighted by atomic mass is 9.98. The minimum atomic E-state index is -3.49. The zero-order valence-electron chi connectivity index (χ0n) is 17.9. The van der Waals surface area contributed by atoms with Gasteiger partial charge in [0.15, 0.2) is 11.0 Å². The number of carbonyl (C=O) groups excluding carboxylic acids is 1. The Labute approximate surface area is 182 Å². The van der Waals surface area contributed by atoms with E-state index in [0.717, 1.165) is 19.3 Å². The lowest BCUT2D eigenvalue weighted by Gasteiger charge is -2.39. The van der Waals surface area contributed by atoms with Crippen LogP contribution >= 0.6 is 11.8 Å². The third-order valence-corrected chi connectivity index (χ3v) is 7.61. The standard InChI is InChI=1S/C20H29N5O3S2/c1-15-9-8-10-16(2)25(15)19(26)14-29-20-22-21-18(23(20)3)13-24(30(4,27)28)17-11-6-5-7-12-17/h5-7,11-12,15-16H,8-10,13-14H2,1-4H3/t15-,16-/m0/s1. The molecule has 164 valence electrons. The molecule has 30 heavy (non-hydrogen) atoms. The monoisotopic (exact) mass is 451 g/mol. The number of rotatable bonds is 7. The molecule has 1 saturated heterocycles. The van der Waals surface area contributed by atoms with Crippen LogP contribution < -0.4 is 4.31 Å². The fourth-order valence-corrected chi connectivity index (χ4v) is 5.50. The molecule has 1 aliphatic heterocycles. The summed E-state index contributed by atoms with van der Waals surface area (Å²) in [5, 5.41) is 8.95. The molecule has 1 aromatic heterocycles. The van der Waals surface area contributed by atoms with Gasteiger partial charge >= 0.3 is 0 Å². The fraction of sp³-hybridized carbons (Fsp3) is 0.550. The second kappa shape index (κ2) is 9.38. The van der Waals surface area contributed by atoms with Gasteiger partial charge in [0.1, 0.15) is 0 Å². The largest absolute Gasteiger partial charge is 0.337 e. The van der Waals surface area contributed by atoms with Crippen molar-refractivity contribution in [2.45, 2.75) is 56.9 Å². The van der Waals surface area contributed by atoms with Gasteiger partial charge in [-0.2, -0.15) is 0 Å². The van der Waals surface area contributed by atoms with Gasteiger partial charge < -0.3 is 9.47 Å². The van der Waals surface area contributed by atoms with Crippen molar-refractivity contribution in [2.75, 3.05) is 16.3 Å². The third-order valence-electron chi connectivity index (χ3n) is 5.46. The highest BCUT2D eigenvalue weighted by molar-refractivity contribution is 7.99. The highest BCUT2D eigenvalue weighted by Crippen LogP contribution is 2.25. The first-order valence-corrected chi connectivity index (χ1v) is 12.9. The molecular weight excluding hydrogens is 422 g/mol. The van der Waals surface area contributed by atoms with Crippen molar-refractivity contribution in [2.24, 2.45) is 7.05 Å². The molecule has 10 heteroatoms. The normalized spacial score (nSPS) is 19.7. The van der Waals surface area contributed by atoms with E-state index in [2.05, 4.69) is 24.0 Å². The van der Waals surface area contributed by atoms with Gasteiger partial charge in [0, 0.05) is 19.1 Å². The maximum atomic E-state index is 12.8. The topological polar surface area (TPSA) is 88.4 Å². The Morgan fingerprint density at radius 1 is 1.17 bits per heavy atom. The van der Waals surface area contributed by atoms with Gasteiger partial charge in [-0.15, -0.1) is 10.2 Å². The molecule has 2 atom stereocenters. The summed E-state index contributed by atoms with van der Waals surface area (Å²) in [4.78, 5) is 14.7. The lowest BCUT2D eigenvalue weighted by Crippen LogP contribution is -2.48. The van der Waals surface area contributed by atoms with Crippen molar-refractivity contribution in [1.29, 1.82) is 0 Å². The first kappa shape index (κ1) is 22.6. The van der Waals surface area contributed by atoms with Crippen LogP contribution in [0.1, 0.15) is 38.9 Å². The first-order valence-electron chi connectivity index (χ1n) is 10.0. The Morgan fingerprint density at radius 3 is 2.40 bits per heavy atom. The first-order chi connectivity index (χ1) is 14.2. The lowest BCUT2D eigenvalue weighted by molar-refractivity contribution is -0.134. The molecule has 0 radical (unpaired) electrons. The quantitative estimate of drug-likeness (QED) is 0.602. The van der Waals surface area contributed by atoms with Crippen LogP contribution in [0.3, 0.4) is 0 Å². The van der Waals surface area contributed by atoms with E-state index in [9.17, 15) is 13.2 Å². The summed E-state index contributed by atoms with van der Waals surface area (Å²) < 4.78 is 27.7. The molecule has 1 amide bonds. The fourth-order valence-electron chi connectivity index (χ4n) is 3.84. The van der Waals surface area contributed by atoms with Gasteiger partial charge in [-0.3, -0.25) is 9.10 Å². The van der Waals surface area contributed by atoms with Crippen LogP contribution in [0.4, 0.5) is 5.69 Å². The van der Waals surface area contributed by atoms with E-state index >= 15 is 0 Å². The van der Waals surface area contributed by atoms with Gasteiger partial charge in [0.25, 0.3) is 0 Å². The summed E-state index contributed by atoms with van der Waals surface area (Å²) in [6, 6.07) is 9.41. The Balaban J connectivity index is 1.70. The molecule has 0 saturated carbocycles. The SMILES string of the molecule is C[C@H]1CCC[C@H](C)N1C(=O)CSc1nnc(CN(c2ccccc2)S(C)(=O)=O)n1C. The van der Waals surface area contributed by atoms with Gasteiger partial charge in [0.2, 0.25) is 15.9 Å². The predicted molar refractivity (Wildman–Crippen MR) is 119 cm³/mol. The van der Waals surface area contributed by atoms with E-state index < -0.39 is 10.0 Å². The van der Waals surface area contributed by atoms with E-state index in [4.69, 9.17) is 0 Å². The number of aromatic nitrogens is 3. The number of anilines is 1. The van der Waals surface area contributed by atoms with Crippen LogP contribution in [0, 0.1) is 0 Å². The van der Waals surface area contributed by atoms with Gasteiger partial charge in [0.05, 0.1) is 24.2 Å². The van der Waals surface area contributed by atoms with Crippen LogP contribution in [-0.2, 0) is 28.4 Å². The highest BCUT2D eigenvalue weighted by atomic mass is 32.2. The summed E-state index contributed by atoms with van der Waals surface area (Å²) in [5.74, 6) is 0.903. The Bertz CT molecular complexity index is 968. The molecule has 0 unspecified atom stereocenters. The Hall–Kier alpha value is -2.07. The second-order valence-electron chi connectivity index (χ2n) is 7.78. The molecule has 1 aliphatic rings. The summed E-state index contributed by atoms with van der Waals surface area (Å²) in [6.07, 6.45) is 4.40. The maximum absolute atomic E-state index is 12.8. The number of benzene rings is 1. The summed E-state index contributed by atoms with van der Waals surface area (Å²) in [5.41, 5.74) is 0.570. The number of amides is 1. The second-order valence-corrected chi connectivity index (χ2v) is 10.6. The average molecular weight is 452 g/mol. The molecule has 0 spiro atoms. The van der Waals surface area contributed by atoms with E-state index in [1.54, 1.807) is 35.9 Å². The van der Waals surface area contributed by atoms with Crippen LogP contribution in [-0.4, -0.2) is 58.1 Å². The molecular formula is C20H29N5O3S2. The number of para-hydroxylation sites is 1. The van der Waals surface area contributed by atoms with E-state index in [-0.39, 0.29) is 30.3 Å². The zero-order valence-corrected chi connectivity index (χ0v) is 19.5. The number of nitrogens with zero attached hydrogens (tertiary/aromatic N) is 5. The van der Waals surface area contributed by atoms with Crippen molar-refractivity contribution < 1.29 is 13.2 Å². The molecule has 1 fully saturated rings. The minimum absolute atomic E-state index is 0.0705. The van der Waals surface area contributed by atoms with Crippen LogP contribution in [0.25, 0.3) is 0 Å². The van der Waals surface area contributed by atoms with E-state index in [0.29, 0.717) is 16.7 Å². The van der Waals surface area contributed by atoms with Crippen molar-refractivity contribution in [1.82, 2.24) is 19.7 Å². The summed E-state index contributed by atoms with van der Waals surface area (Å²) in [6.45, 7) is 4.27. The molecule has 3 rings (SSSR count). The van der Waals surface area contributed by atoms with Gasteiger partial charge in [-0.1, -0.05) is 30.0 Å². The smallest absolute Gasteiger partial charge is 0.233 e.